The Labute approximate surface area is 194 Å². The highest BCUT2D eigenvalue weighted by atomic mass is 32.2. The van der Waals surface area contributed by atoms with E-state index < -0.39 is 39.7 Å². The van der Waals surface area contributed by atoms with Gasteiger partial charge in [0.15, 0.2) is 0 Å². The summed E-state index contributed by atoms with van der Waals surface area (Å²) in [6, 6.07) is 12.0. The fraction of sp³-hybridized carbons (Fsp3) is 0.417. The normalized spacial score (nSPS) is 19.7. The van der Waals surface area contributed by atoms with Crippen LogP contribution in [0.2, 0.25) is 0 Å². The van der Waals surface area contributed by atoms with E-state index in [-0.39, 0.29) is 17.1 Å². The number of carbonyl (C=O) groups excluding carboxylic acids is 2. The molecule has 0 saturated carbocycles. The van der Waals surface area contributed by atoms with Crippen LogP contribution in [0.1, 0.15) is 32.8 Å². The van der Waals surface area contributed by atoms with Crippen LogP contribution in [-0.2, 0) is 19.6 Å². The predicted molar refractivity (Wildman–Crippen MR) is 125 cm³/mol. The molecular weight excluding hydrogens is 445 g/mol. The summed E-state index contributed by atoms with van der Waals surface area (Å²) in [4.78, 5) is 27.7. The van der Waals surface area contributed by atoms with Gasteiger partial charge >= 0.3 is 0 Å². The first kappa shape index (κ1) is 24.9. The zero-order chi connectivity index (χ0) is 24.4. The highest BCUT2D eigenvalue weighted by Crippen LogP contribution is 2.33. The molecule has 1 fully saturated rings. The van der Waals surface area contributed by atoms with Gasteiger partial charge in [0.1, 0.15) is 11.4 Å². The van der Waals surface area contributed by atoms with Crippen LogP contribution in [0.25, 0.3) is 0 Å². The Morgan fingerprint density at radius 3 is 2.39 bits per heavy atom. The topological polar surface area (TPSA) is 86.8 Å². The predicted octanol–water partition coefficient (Wildman–Crippen LogP) is 3.09. The van der Waals surface area contributed by atoms with Crippen LogP contribution in [0.3, 0.4) is 0 Å². The van der Waals surface area contributed by atoms with E-state index in [0.29, 0.717) is 18.9 Å². The molecule has 2 aromatic rings. The van der Waals surface area contributed by atoms with Gasteiger partial charge in [-0.15, -0.1) is 0 Å². The maximum atomic E-state index is 14.7. The summed E-state index contributed by atoms with van der Waals surface area (Å²) >= 11 is 0. The Kier molecular flexibility index (Phi) is 7.23. The number of nitrogens with one attached hydrogen (secondary N) is 1. The molecular formula is C24H30FN3O4S. The van der Waals surface area contributed by atoms with Gasteiger partial charge in [-0.25, -0.2) is 12.8 Å². The smallest absolute Gasteiger partial charge is 0.247 e. The lowest BCUT2D eigenvalue weighted by Gasteiger charge is -2.46. The first-order chi connectivity index (χ1) is 15.5. The minimum absolute atomic E-state index is 0.0304. The van der Waals surface area contributed by atoms with E-state index in [2.05, 4.69) is 5.32 Å². The summed E-state index contributed by atoms with van der Waals surface area (Å²) in [6.45, 7) is 6.88. The molecule has 1 aliphatic rings. The van der Waals surface area contributed by atoms with Crippen molar-refractivity contribution in [3.8, 4) is 0 Å². The Balaban J connectivity index is 2.02. The molecule has 1 atom stereocenters. The zero-order valence-corrected chi connectivity index (χ0v) is 20.2. The van der Waals surface area contributed by atoms with Gasteiger partial charge < -0.3 is 5.32 Å². The molecule has 1 heterocycles. The minimum atomic E-state index is -4.05. The van der Waals surface area contributed by atoms with E-state index in [1.807, 2.05) is 20.8 Å². The molecule has 33 heavy (non-hydrogen) atoms. The molecule has 1 aliphatic heterocycles. The number of anilines is 1. The average molecular weight is 476 g/mol. The molecule has 7 nitrogen and oxygen atoms in total. The Hall–Kier alpha value is -2.78. The van der Waals surface area contributed by atoms with Crippen molar-refractivity contribution in [1.82, 2.24) is 9.62 Å². The maximum absolute atomic E-state index is 14.7. The second-order valence-corrected chi connectivity index (χ2v) is 10.9. The molecule has 1 N–H and O–H groups in total. The summed E-state index contributed by atoms with van der Waals surface area (Å²) in [6.07, 6.45) is 0.709. The number of hydrogen-bond donors (Lipinski definition) is 1. The van der Waals surface area contributed by atoms with Crippen molar-refractivity contribution < 1.29 is 22.4 Å². The molecule has 0 bridgehead atoms. The van der Waals surface area contributed by atoms with Gasteiger partial charge in [0.2, 0.25) is 21.8 Å². The standard InChI is InChI=1S/C24H30FN3O4S/c1-17(2)13-14-26-23(30)24(4)16-27(33(31,32)19-11-9-18(3)10-12-19)15-22(29)28(24)21-8-6-5-7-20(21)25/h5-12,17H,13-16H2,1-4H3,(H,26,30). The first-order valence-electron chi connectivity index (χ1n) is 10.9. The lowest BCUT2D eigenvalue weighted by Crippen LogP contribution is -2.70. The van der Waals surface area contributed by atoms with Crippen molar-refractivity contribution in [3.05, 3.63) is 59.9 Å². The number of hydrogen-bond acceptors (Lipinski definition) is 4. The number of para-hydroxylation sites is 1. The summed E-state index contributed by atoms with van der Waals surface area (Å²) in [5.74, 6) is -1.54. The second-order valence-electron chi connectivity index (χ2n) is 8.98. The van der Waals surface area contributed by atoms with E-state index in [9.17, 15) is 22.4 Å². The molecule has 9 heteroatoms. The van der Waals surface area contributed by atoms with Crippen LogP contribution in [0.4, 0.5) is 10.1 Å². The van der Waals surface area contributed by atoms with Gasteiger partial charge in [0, 0.05) is 13.1 Å². The van der Waals surface area contributed by atoms with Gasteiger partial charge in [0.25, 0.3) is 0 Å². The van der Waals surface area contributed by atoms with E-state index in [0.717, 1.165) is 14.8 Å². The van der Waals surface area contributed by atoms with E-state index in [1.54, 1.807) is 18.2 Å². The van der Waals surface area contributed by atoms with Crippen molar-refractivity contribution in [3.63, 3.8) is 0 Å². The number of benzene rings is 2. The van der Waals surface area contributed by atoms with Crippen LogP contribution >= 0.6 is 0 Å². The number of piperazine rings is 1. The molecule has 1 unspecified atom stereocenters. The average Bonchev–Trinajstić information content (AvgIpc) is 2.74. The number of carbonyl (C=O) groups is 2. The van der Waals surface area contributed by atoms with Crippen molar-refractivity contribution >= 4 is 27.5 Å². The summed E-state index contributed by atoms with van der Waals surface area (Å²) in [7, 11) is -4.05. The van der Waals surface area contributed by atoms with Crippen LogP contribution in [0.5, 0.6) is 0 Å². The Morgan fingerprint density at radius 1 is 1.15 bits per heavy atom. The fourth-order valence-electron chi connectivity index (χ4n) is 3.87. The molecule has 0 spiro atoms. The van der Waals surface area contributed by atoms with Crippen LogP contribution < -0.4 is 10.2 Å². The quantitative estimate of drug-likeness (QED) is 0.667. The third kappa shape index (κ3) is 5.09. The lowest BCUT2D eigenvalue weighted by atomic mass is 9.94. The highest BCUT2D eigenvalue weighted by Gasteiger charge is 2.51. The van der Waals surface area contributed by atoms with Gasteiger partial charge in [-0.05, 0) is 50.5 Å². The van der Waals surface area contributed by atoms with Gasteiger partial charge in [-0.3, -0.25) is 14.5 Å². The van der Waals surface area contributed by atoms with Crippen molar-refractivity contribution in [2.75, 3.05) is 24.5 Å². The molecule has 2 aromatic carbocycles. The van der Waals surface area contributed by atoms with Crippen LogP contribution in [-0.4, -0.2) is 49.7 Å². The highest BCUT2D eigenvalue weighted by molar-refractivity contribution is 7.89. The molecule has 0 radical (unpaired) electrons. The van der Waals surface area contributed by atoms with E-state index in [1.165, 1.54) is 37.3 Å². The van der Waals surface area contributed by atoms with Crippen molar-refractivity contribution in [2.24, 2.45) is 5.92 Å². The van der Waals surface area contributed by atoms with Crippen molar-refractivity contribution in [1.29, 1.82) is 0 Å². The van der Waals surface area contributed by atoms with Crippen LogP contribution in [0.15, 0.2) is 53.4 Å². The van der Waals surface area contributed by atoms with E-state index >= 15 is 0 Å². The van der Waals surface area contributed by atoms with E-state index in [4.69, 9.17) is 0 Å². The molecule has 0 aliphatic carbocycles. The number of sulfonamides is 1. The summed E-state index contributed by atoms with van der Waals surface area (Å²) in [5.41, 5.74) is -0.813. The second kappa shape index (κ2) is 9.61. The number of aryl methyl sites for hydroxylation is 1. The first-order valence-corrected chi connectivity index (χ1v) is 12.3. The molecule has 2 amide bonds. The molecule has 0 aromatic heterocycles. The van der Waals surface area contributed by atoms with Gasteiger partial charge in [-0.2, -0.15) is 4.31 Å². The maximum Gasteiger partial charge on any atom is 0.247 e. The van der Waals surface area contributed by atoms with Gasteiger partial charge in [-0.1, -0.05) is 43.7 Å². The third-order valence-electron chi connectivity index (χ3n) is 5.79. The Bertz CT molecular complexity index is 1130. The summed E-state index contributed by atoms with van der Waals surface area (Å²) in [5, 5.41) is 2.81. The van der Waals surface area contributed by atoms with Crippen molar-refractivity contribution in [2.45, 2.75) is 44.6 Å². The molecule has 1 saturated heterocycles. The number of halogens is 1. The third-order valence-corrected chi connectivity index (χ3v) is 7.59. The number of rotatable bonds is 7. The number of amides is 2. The molecule has 178 valence electrons. The molecule has 3 rings (SSSR count). The van der Waals surface area contributed by atoms with Crippen LogP contribution in [0, 0.1) is 18.7 Å². The fourth-order valence-corrected chi connectivity index (χ4v) is 5.35. The zero-order valence-electron chi connectivity index (χ0n) is 19.3. The SMILES string of the molecule is Cc1ccc(S(=O)(=O)N2CC(=O)N(c3ccccc3F)C(C)(C(=O)NCCC(C)C)C2)cc1. The minimum Gasteiger partial charge on any atom is -0.354 e. The summed E-state index contributed by atoms with van der Waals surface area (Å²) < 4.78 is 42.3. The van der Waals surface area contributed by atoms with Gasteiger partial charge in [0.05, 0.1) is 17.1 Å². The Morgan fingerprint density at radius 2 is 1.79 bits per heavy atom. The lowest BCUT2D eigenvalue weighted by molar-refractivity contribution is -0.133. The monoisotopic (exact) mass is 475 g/mol. The largest absolute Gasteiger partial charge is 0.354 e. The number of nitrogens with zero attached hydrogens (tertiary/aromatic N) is 2.